The molecule has 2 aromatic heterocycles. The van der Waals surface area contributed by atoms with Gasteiger partial charge in [0.15, 0.2) is 0 Å². The zero-order valence-electron chi connectivity index (χ0n) is 10.3. The lowest BCUT2D eigenvalue weighted by Crippen LogP contribution is -1.80. The van der Waals surface area contributed by atoms with Crippen molar-refractivity contribution in [1.29, 1.82) is 0 Å². The number of thiophene rings is 2. The predicted octanol–water partition coefficient (Wildman–Crippen LogP) is 6.73. The standard InChI is InChI=1S/C16H8S4/c1-3-7-11-9(5-1)13-15(17-11)20-16-14(19-13)10-6-2-4-8-12(10)18-16/h1-8H. The maximum Gasteiger partial charge on any atom is 0.0806 e. The van der Waals surface area contributed by atoms with Crippen LogP contribution in [0.1, 0.15) is 0 Å². The summed E-state index contributed by atoms with van der Waals surface area (Å²) in [5.41, 5.74) is 0. The Bertz CT molecular complexity index is 883. The molecule has 0 atom stereocenters. The van der Waals surface area contributed by atoms with Gasteiger partial charge in [-0.1, -0.05) is 59.9 Å². The molecular formula is C16H8S4. The Hall–Kier alpha value is -0.940. The van der Waals surface area contributed by atoms with Crippen molar-refractivity contribution in [3.8, 4) is 0 Å². The van der Waals surface area contributed by atoms with Gasteiger partial charge in [0.2, 0.25) is 0 Å². The SMILES string of the molecule is c1ccc2c3c(sc2c1)Sc1sc2ccccc2c1S3. The summed E-state index contributed by atoms with van der Waals surface area (Å²) in [6, 6.07) is 17.5. The lowest BCUT2D eigenvalue weighted by atomic mass is 10.3. The number of hydrogen-bond donors (Lipinski definition) is 0. The van der Waals surface area contributed by atoms with Gasteiger partial charge in [0.05, 0.1) is 8.42 Å². The summed E-state index contributed by atoms with van der Waals surface area (Å²) in [5.74, 6) is 0. The fraction of sp³-hybridized carbons (Fsp3) is 0. The summed E-state index contributed by atoms with van der Waals surface area (Å²) in [7, 11) is 0. The Kier molecular flexibility index (Phi) is 2.50. The van der Waals surface area contributed by atoms with Crippen LogP contribution in [-0.4, -0.2) is 0 Å². The second-order valence-corrected chi connectivity index (χ2v) is 9.30. The van der Waals surface area contributed by atoms with E-state index in [4.69, 9.17) is 0 Å². The van der Waals surface area contributed by atoms with Gasteiger partial charge in [-0.3, -0.25) is 0 Å². The van der Waals surface area contributed by atoms with E-state index in [0.717, 1.165) is 0 Å². The van der Waals surface area contributed by atoms with Crippen molar-refractivity contribution in [2.75, 3.05) is 0 Å². The molecule has 0 bridgehead atoms. The van der Waals surface area contributed by atoms with E-state index < -0.39 is 0 Å². The minimum atomic E-state index is 1.40. The van der Waals surface area contributed by atoms with E-state index in [1.165, 1.54) is 38.4 Å². The lowest BCUT2D eigenvalue weighted by molar-refractivity contribution is 1.34. The van der Waals surface area contributed by atoms with Crippen molar-refractivity contribution in [2.24, 2.45) is 0 Å². The van der Waals surface area contributed by atoms with Crippen LogP contribution in [0.5, 0.6) is 0 Å². The van der Waals surface area contributed by atoms with Gasteiger partial charge in [0.25, 0.3) is 0 Å². The molecule has 0 fully saturated rings. The van der Waals surface area contributed by atoms with Crippen molar-refractivity contribution in [3.63, 3.8) is 0 Å². The summed E-state index contributed by atoms with van der Waals surface area (Å²) in [6.45, 7) is 0. The van der Waals surface area contributed by atoms with Gasteiger partial charge in [0, 0.05) is 30.0 Å². The molecule has 4 heteroatoms. The second-order valence-electron chi connectivity index (χ2n) is 4.63. The minimum Gasteiger partial charge on any atom is -0.127 e. The molecule has 0 amide bonds. The largest absolute Gasteiger partial charge is 0.127 e. The van der Waals surface area contributed by atoms with Gasteiger partial charge in [0.1, 0.15) is 0 Å². The molecule has 0 radical (unpaired) electrons. The Morgan fingerprint density at radius 1 is 0.550 bits per heavy atom. The predicted molar refractivity (Wildman–Crippen MR) is 91.9 cm³/mol. The molecule has 4 aromatic rings. The van der Waals surface area contributed by atoms with Gasteiger partial charge < -0.3 is 0 Å². The lowest BCUT2D eigenvalue weighted by Gasteiger charge is -2.11. The van der Waals surface area contributed by atoms with Crippen molar-refractivity contribution in [2.45, 2.75) is 18.2 Å². The highest BCUT2D eigenvalue weighted by Gasteiger charge is 2.25. The van der Waals surface area contributed by atoms with E-state index in [-0.39, 0.29) is 0 Å². The molecule has 0 saturated heterocycles. The summed E-state index contributed by atoms with van der Waals surface area (Å²) in [5, 5.41) is 2.82. The molecule has 0 unspecified atom stereocenters. The number of rotatable bonds is 0. The first-order valence-electron chi connectivity index (χ1n) is 6.29. The average molecular weight is 329 g/mol. The number of hydrogen-bond acceptors (Lipinski definition) is 4. The van der Waals surface area contributed by atoms with E-state index >= 15 is 0 Å². The highest BCUT2D eigenvalue weighted by molar-refractivity contribution is 8.08. The molecule has 2 aromatic carbocycles. The normalized spacial score (nSPS) is 13.6. The summed E-state index contributed by atoms with van der Waals surface area (Å²) < 4.78 is 5.71. The van der Waals surface area contributed by atoms with E-state index in [2.05, 4.69) is 48.5 Å². The van der Waals surface area contributed by atoms with Crippen LogP contribution in [0, 0.1) is 0 Å². The molecule has 0 nitrogen and oxygen atoms in total. The number of fused-ring (bicyclic) bond motifs is 6. The average Bonchev–Trinajstić information content (AvgIpc) is 3.02. The Labute approximate surface area is 132 Å². The van der Waals surface area contributed by atoms with E-state index in [1.807, 2.05) is 46.2 Å². The first kappa shape index (κ1) is 11.7. The van der Waals surface area contributed by atoms with Gasteiger partial charge in [-0.2, -0.15) is 0 Å². The van der Waals surface area contributed by atoms with Gasteiger partial charge in [-0.25, -0.2) is 0 Å². The second kappa shape index (κ2) is 4.28. The van der Waals surface area contributed by atoms with Crippen LogP contribution >= 0.6 is 46.2 Å². The van der Waals surface area contributed by atoms with Crippen molar-refractivity contribution >= 4 is 66.4 Å². The molecule has 0 spiro atoms. The van der Waals surface area contributed by atoms with E-state index in [1.54, 1.807) is 0 Å². The fourth-order valence-electron chi connectivity index (χ4n) is 2.51. The molecule has 0 aliphatic carbocycles. The molecule has 1 aliphatic rings. The highest BCUT2D eigenvalue weighted by Crippen LogP contribution is 2.58. The summed E-state index contributed by atoms with van der Waals surface area (Å²) in [6.07, 6.45) is 0. The molecule has 0 N–H and O–H groups in total. The smallest absolute Gasteiger partial charge is 0.0806 e. The monoisotopic (exact) mass is 328 g/mol. The minimum absolute atomic E-state index is 1.40. The first-order chi connectivity index (χ1) is 9.90. The van der Waals surface area contributed by atoms with Gasteiger partial charge in [-0.15, -0.1) is 22.7 Å². The zero-order valence-corrected chi connectivity index (χ0v) is 13.5. The highest BCUT2D eigenvalue weighted by atomic mass is 32.2. The first-order valence-corrected chi connectivity index (χ1v) is 9.55. The van der Waals surface area contributed by atoms with Crippen molar-refractivity contribution < 1.29 is 0 Å². The Morgan fingerprint density at radius 3 is 1.60 bits per heavy atom. The maximum absolute atomic E-state index is 2.25. The third-order valence-electron chi connectivity index (χ3n) is 3.43. The number of benzene rings is 2. The molecule has 96 valence electrons. The fourth-order valence-corrected chi connectivity index (χ4v) is 8.35. The maximum atomic E-state index is 2.25. The molecule has 20 heavy (non-hydrogen) atoms. The van der Waals surface area contributed by atoms with Crippen molar-refractivity contribution in [3.05, 3.63) is 48.5 Å². The molecular weight excluding hydrogens is 320 g/mol. The summed E-state index contributed by atoms with van der Waals surface area (Å²) in [4.78, 5) is 2.90. The van der Waals surface area contributed by atoms with Crippen LogP contribution in [0.4, 0.5) is 0 Å². The molecule has 0 saturated carbocycles. The molecule has 5 rings (SSSR count). The van der Waals surface area contributed by atoms with Crippen LogP contribution in [-0.2, 0) is 0 Å². The summed E-state index contributed by atoms with van der Waals surface area (Å²) >= 11 is 7.75. The van der Waals surface area contributed by atoms with Crippen LogP contribution in [0.15, 0.2) is 66.7 Å². The third kappa shape index (κ3) is 1.56. The van der Waals surface area contributed by atoms with Gasteiger partial charge in [-0.05, 0) is 12.1 Å². The molecule has 1 aliphatic heterocycles. The quantitative estimate of drug-likeness (QED) is 0.309. The third-order valence-corrected chi connectivity index (χ3v) is 8.91. The van der Waals surface area contributed by atoms with Crippen LogP contribution < -0.4 is 0 Å². The van der Waals surface area contributed by atoms with Crippen molar-refractivity contribution in [1.82, 2.24) is 0 Å². The molecule has 3 heterocycles. The van der Waals surface area contributed by atoms with Gasteiger partial charge >= 0.3 is 0 Å². The van der Waals surface area contributed by atoms with E-state index in [0.29, 0.717) is 0 Å². The Balaban J connectivity index is 1.79. The zero-order chi connectivity index (χ0) is 13.1. The topological polar surface area (TPSA) is 0 Å². The van der Waals surface area contributed by atoms with Crippen LogP contribution in [0.2, 0.25) is 0 Å². The van der Waals surface area contributed by atoms with E-state index in [9.17, 15) is 0 Å². The van der Waals surface area contributed by atoms with Crippen LogP contribution in [0.3, 0.4) is 0 Å². The van der Waals surface area contributed by atoms with Crippen LogP contribution in [0.25, 0.3) is 20.2 Å². The Morgan fingerprint density at radius 2 is 1.05 bits per heavy atom.